The second kappa shape index (κ2) is 4.75. The lowest BCUT2D eigenvalue weighted by molar-refractivity contribution is 0.0479. The normalized spacial score (nSPS) is 13.9. The van der Waals surface area contributed by atoms with Crippen molar-refractivity contribution in [3.05, 3.63) is 35.6 Å². The molecule has 0 amide bonds. The predicted octanol–water partition coefficient (Wildman–Crippen LogP) is 3.17. The number of hydrogen-bond donors (Lipinski definition) is 1. The quantitative estimate of drug-likeness (QED) is 0.809. The summed E-state index contributed by atoms with van der Waals surface area (Å²) >= 11 is 0. The summed E-state index contributed by atoms with van der Waals surface area (Å²) in [5.74, 6) is -0.242. The summed E-state index contributed by atoms with van der Waals surface area (Å²) in [6, 6.07) is 6.42. The Kier molecular flexibility index (Phi) is 3.86. The minimum Gasteiger partial charge on any atom is -0.392 e. The summed E-state index contributed by atoms with van der Waals surface area (Å²) < 4.78 is 12.9. The molecule has 1 rings (SSSR count). The van der Waals surface area contributed by atoms with E-state index in [1.165, 1.54) is 12.1 Å². The third-order valence-electron chi connectivity index (χ3n) is 3.13. The van der Waals surface area contributed by atoms with E-state index in [4.69, 9.17) is 0 Å². The Balaban J connectivity index is 2.70. The van der Waals surface area contributed by atoms with Gasteiger partial charge in [0.1, 0.15) is 5.82 Å². The zero-order valence-corrected chi connectivity index (χ0v) is 9.63. The standard InChI is InChI=1S/C13H19FO/c1-4-13(2,3)12(15)9-10-6-5-7-11(14)8-10/h5-8,12,15H,4,9H2,1-3H3. The molecule has 15 heavy (non-hydrogen) atoms. The highest BCUT2D eigenvalue weighted by Crippen LogP contribution is 2.27. The molecule has 1 aromatic carbocycles. The molecule has 1 atom stereocenters. The molecular weight excluding hydrogens is 191 g/mol. The van der Waals surface area contributed by atoms with E-state index in [2.05, 4.69) is 6.92 Å². The molecule has 2 heteroatoms. The number of aliphatic hydroxyl groups is 1. The molecule has 0 radical (unpaired) electrons. The lowest BCUT2D eigenvalue weighted by Crippen LogP contribution is -2.30. The van der Waals surface area contributed by atoms with Crippen LogP contribution in [0.3, 0.4) is 0 Å². The summed E-state index contributed by atoms with van der Waals surface area (Å²) in [5.41, 5.74) is 0.732. The average Bonchev–Trinajstić information content (AvgIpc) is 2.17. The second-order valence-corrected chi connectivity index (χ2v) is 4.69. The predicted molar refractivity (Wildman–Crippen MR) is 60.2 cm³/mol. The van der Waals surface area contributed by atoms with E-state index >= 15 is 0 Å². The van der Waals surface area contributed by atoms with Crippen LogP contribution in [0.25, 0.3) is 0 Å². The van der Waals surface area contributed by atoms with E-state index in [0.29, 0.717) is 6.42 Å². The van der Waals surface area contributed by atoms with Crippen molar-refractivity contribution >= 4 is 0 Å². The molecule has 0 aliphatic rings. The molecule has 0 aliphatic heterocycles. The highest BCUT2D eigenvalue weighted by atomic mass is 19.1. The van der Waals surface area contributed by atoms with Crippen LogP contribution in [0.2, 0.25) is 0 Å². The third-order valence-corrected chi connectivity index (χ3v) is 3.13. The smallest absolute Gasteiger partial charge is 0.123 e. The van der Waals surface area contributed by atoms with Gasteiger partial charge in [0.2, 0.25) is 0 Å². The highest BCUT2D eigenvalue weighted by Gasteiger charge is 2.25. The van der Waals surface area contributed by atoms with Crippen LogP contribution in [0.4, 0.5) is 4.39 Å². The molecule has 1 nitrogen and oxygen atoms in total. The van der Waals surface area contributed by atoms with Crippen LogP contribution < -0.4 is 0 Å². The lowest BCUT2D eigenvalue weighted by atomic mass is 9.81. The maximum absolute atomic E-state index is 12.9. The minimum atomic E-state index is -0.427. The summed E-state index contributed by atoms with van der Waals surface area (Å²) in [6.45, 7) is 6.10. The van der Waals surface area contributed by atoms with E-state index in [1.807, 2.05) is 19.9 Å². The molecule has 84 valence electrons. The van der Waals surface area contributed by atoms with Crippen molar-refractivity contribution in [1.82, 2.24) is 0 Å². The average molecular weight is 210 g/mol. The fraction of sp³-hybridized carbons (Fsp3) is 0.538. The number of rotatable bonds is 4. The first kappa shape index (κ1) is 12.2. The van der Waals surface area contributed by atoms with Crippen LogP contribution >= 0.6 is 0 Å². The van der Waals surface area contributed by atoms with Crippen LogP contribution in [0.5, 0.6) is 0 Å². The Hall–Kier alpha value is -0.890. The first-order valence-electron chi connectivity index (χ1n) is 5.38. The van der Waals surface area contributed by atoms with Crippen LogP contribution in [-0.2, 0) is 6.42 Å². The number of hydrogen-bond acceptors (Lipinski definition) is 1. The van der Waals surface area contributed by atoms with Gasteiger partial charge < -0.3 is 5.11 Å². The van der Waals surface area contributed by atoms with Gasteiger partial charge in [0.25, 0.3) is 0 Å². The van der Waals surface area contributed by atoms with Crippen LogP contribution in [0.15, 0.2) is 24.3 Å². The zero-order valence-electron chi connectivity index (χ0n) is 9.63. The van der Waals surface area contributed by atoms with Crippen molar-refractivity contribution in [3.63, 3.8) is 0 Å². The number of benzene rings is 1. The number of halogens is 1. The summed E-state index contributed by atoms with van der Waals surface area (Å²) in [4.78, 5) is 0. The molecule has 1 aromatic rings. The van der Waals surface area contributed by atoms with E-state index in [1.54, 1.807) is 6.07 Å². The van der Waals surface area contributed by atoms with Gasteiger partial charge in [0.15, 0.2) is 0 Å². The molecule has 0 saturated carbocycles. The van der Waals surface area contributed by atoms with Gasteiger partial charge in [-0.25, -0.2) is 4.39 Å². The molecule has 0 spiro atoms. The zero-order chi connectivity index (χ0) is 11.5. The molecule has 0 bridgehead atoms. The van der Waals surface area contributed by atoms with Gasteiger partial charge in [-0.3, -0.25) is 0 Å². The van der Waals surface area contributed by atoms with Gasteiger partial charge in [0.05, 0.1) is 6.10 Å². The Morgan fingerprint density at radius 2 is 2.07 bits per heavy atom. The monoisotopic (exact) mass is 210 g/mol. The fourth-order valence-corrected chi connectivity index (χ4v) is 1.40. The highest BCUT2D eigenvalue weighted by molar-refractivity contribution is 5.17. The number of aliphatic hydroxyl groups excluding tert-OH is 1. The maximum atomic E-state index is 12.9. The Morgan fingerprint density at radius 3 is 2.60 bits per heavy atom. The molecule has 0 aromatic heterocycles. The summed E-state index contributed by atoms with van der Waals surface area (Å²) in [7, 11) is 0. The van der Waals surface area contributed by atoms with Crippen molar-refractivity contribution in [2.24, 2.45) is 5.41 Å². The molecule has 0 aliphatic carbocycles. The Bertz CT molecular complexity index is 320. The van der Waals surface area contributed by atoms with Crippen molar-refractivity contribution < 1.29 is 9.50 Å². The summed E-state index contributed by atoms with van der Waals surface area (Å²) in [6.07, 6.45) is 0.992. The van der Waals surface area contributed by atoms with Gasteiger partial charge in [-0.2, -0.15) is 0 Å². The van der Waals surface area contributed by atoms with Gasteiger partial charge >= 0.3 is 0 Å². The van der Waals surface area contributed by atoms with Crippen molar-refractivity contribution in [2.45, 2.75) is 39.7 Å². The molecular formula is C13H19FO. The summed E-state index contributed by atoms with van der Waals surface area (Å²) in [5, 5.41) is 10.00. The van der Waals surface area contributed by atoms with Gasteiger partial charge in [-0.05, 0) is 36.0 Å². The third kappa shape index (κ3) is 3.31. The van der Waals surface area contributed by atoms with Gasteiger partial charge in [0, 0.05) is 0 Å². The van der Waals surface area contributed by atoms with Gasteiger partial charge in [-0.15, -0.1) is 0 Å². The Labute approximate surface area is 90.9 Å². The van der Waals surface area contributed by atoms with Gasteiger partial charge in [-0.1, -0.05) is 32.9 Å². The Morgan fingerprint density at radius 1 is 1.40 bits per heavy atom. The second-order valence-electron chi connectivity index (χ2n) is 4.69. The van der Waals surface area contributed by atoms with Crippen LogP contribution in [0, 0.1) is 11.2 Å². The molecule has 0 heterocycles. The van der Waals surface area contributed by atoms with E-state index in [9.17, 15) is 9.50 Å². The molecule has 1 unspecified atom stereocenters. The molecule has 0 fully saturated rings. The fourth-order valence-electron chi connectivity index (χ4n) is 1.40. The topological polar surface area (TPSA) is 20.2 Å². The molecule has 1 N–H and O–H groups in total. The SMILES string of the molecule is CCC(C)(C)C(O)Cc1cccc(F)c1. The first-order chi connectivity index (χ1) is 6.95. The molecule has 0 saturated heterocycles. The largest absolute Gasteiger partial charge is 0.392 e. The van der Waals surface area contributed by atoms with Crippen molar-refractivity contribution in [1.29, 1.82) is 0 Å². The van der Waals surface area contributed by atoms with Crippen LogP contribution in [-0.4, -0.2) is 11.2 Å². The first-order valence-corrected chi connectivity index (χ1v) is 5.38. The van der Waals surface area contributed by atoms with Crippen molar-refractivity contribution in [2.75, 3.05) is 0 Å². The van der Waals surface area contributed by atoms with E-state index in [0.717, 1.165) is 12.0 Å². The van der Waals surface area contributed by atoms with E-state index in [-0.39, 0.29) is 11.2 Å². The van der Waals surface area contributed by atoms with E-state index < -0.39 is 6.10 Å². The lowest BCUT2D eigenvalue weighted by Gasteiger charge is -2.29. The maximum Gasteiger partial charge on any atom is 0.123 e. The van der Waals surface area contributed by atoms with Crippen molar-refractivity contribution in [3.8, 4) is 0 Å². The minimum absolute atomic E-state index is 0.119. The van der Waals surface area contributed by atoms with Crippen LogP contribution in [0.1, 0.15) is 32.8 Å².